The minimum atomic E-state index is -0.797. The first-order valence-electron chi connectivity index (χ1n) is 11.8. The van der Waals surface area contributed by atoms with E-state index in [1.165, 1.54) is 11.3 Å². The molecule has 0 aliphatic rings. The number of carbonyl (C=O) groups is 3. The molecule has 192 valence electrons. The molecule has 0 aliphatic heterocycles. The van der Waals surface area contributed by atoms with Crippen LogP contribution in [0.15, 0.2) is 60.7 Å². The molecule has 0 spiro atoms. The van der Waals surface area contributed by atoms with E-state index in [0.29, 0.717) is 50.8 Å². The van der Waals surface area contributed by atoms with Crippen molar-refractivity contribution in [2.45, 2.75) is 12.5 Å². The van der Waals surface area contributed by atoms with Crippen LogP contribution in [0.1, 0.15) is 15.2 Å². The van der Waals surface area contributed by atoms with E-state index in [4.69, 9.17) is 15.2 Å². The molecule has 0 saturated heterocycles. The lowest BCUT2D eigenvalue weighted by atomic mass is 10.1. The van der Waals surface area contributed by atoms with Crippen LogP contribution in [-0.2, 0) is 25.5 Å². The van der Waals surface area contributed by atoms with Crippen molar-refractivity contribution in [1.82, 2.24) is 16.0 Å². The van der Waals surface area contributed by atoms with Gasteiger partial charge in [0, 0.05) is 24.2 Å². The van der Waals surface area contributed by atoms with Gasteiger partial charge in [-0.3, -0.25) is 14.4 Å². The molecule has 1 heterocycles. The highest BCUT2D eigenvalue weighted by atomic mass is 32.1. The van der Waals surface area contributed by atoms with Gasteiger partial charge in [0.1, 0.15) is 6.04 Å². The average molecular weight is 513 g/mol. The van der Waals surface area contributed by atoms with E-state index >= 15 is 0 Å². The van der Waals surface area contributed by atoms with E-state index in [-0.39, 0.29) is 18.4 Å². The number of fused-ring (bicyclic) bond motifs is 1. The fourth-order valence-electron chi connectivity index (χ4n) is 3.42. The van der Waals surface area contributed by atoms with Gasteiger partial charge in [-0.1, -0.05) is 48.5 Å². The molecule has 0 bridgehead atoms. The molecule has 0 aliphatic carbocycles. The highest BCUT2D eigenvalue weighted by molar-refractivity contribution is 7.20. The summed E-state index contributed by atoms with van der Waals surface area (Å²) in [4.78, 5) is 38.5. The first-order chi connectivity index (χ1) is 17.6. The van der Waals surface area contributed by atoms with Crippen LogP contribution < -0.4 is 21.7 Å². The minimum Gasteiger partial charge on any atom is -0.378 e. The number of thiophene rings is 1. The molecular weight excluding hydrogens is 480 g/mol. The molecule has 10 heteroatoms. The van der Waals surface area contributed by atoms with E-state index in [0.717, 1.165) is 15.6 Å². The summed E-state index contributed by atoms with van der Waals surface area (Å²) in [7, 11) is 0. The fraction of sp³-hybridized carbons (Fsp3) is 0.346. The van der Waals surface area contributed by atoms with Crippen molar-refractivity contribution < 1.29 is 23.9 Å². The van der Waals surface area contributed by atoms with Crippen LogP contribution in [0.2, 0.25) is 0 Å². The number of nitrogens with two attached hydrogens (primary N) is 1. The Morgan fingerprint density at radius 3 is 2.36 bits per heavy atom. The van der Waals surface area contributed by atoms with Gasteiger partial charge in [-0.25, -0.2) is 0 Å². The third-order valence-corrected chi connectivity index (χ3v) is 6.29. The van der Waals surface area contributed by atoms with Crippen molar-refractivity contribution >= 4 is 39.1 Å². The maximum absolute atomic E-state index is 12.8. The Morgan fingerprint density at radius 2 is 1.61 bits per heavy atom. The number of carbonyl (C=O) groups excluding carboxylic acids is 3. The Bertz CT molecular complexity index is 1090. The third kappa shape index (κ3) is 9.04. The Labute approximate surface area is 214 Å². The maximum atomic E-state index is 12.8. The summed E-state index contributed by atoms with van der Waals surface area (Å²) < 4.78 is 11.7. The number of rotatable bonds is 15. The third-order valence-electron chi connectivity index (χ3n) is 5.17. The minimum absolute atomic E-state index is 0.239. The summed E-state index contributed by atoms with van der Waals surface area (Å²) in [6.45, 7) is 2.14. The predicted molar refractivity (Wildman–Crippen MR) is 140 cm³/mol. The fourth-order valence-corrected chi connectivity index (χ4v) is 4.40. The van der Waals surface area contributed by atoms with Gasteiger partial charge in [-0.05, 0) is 23.1 Å². The van der Waals surface area contributed by atoms with E-state index in [2.05, 4.69) is 16.0 Å². The largest absolute Gasteiger partial charge is 0.378 e. The zero-order chi connectivity index (χ0) is 25.6. The second-order valence-electron chi connectivity index (χ2n) is 7.95. The molecule has 0 fully saturated rings. The van der Waals surface area contributed by atoms with Gasteiger partial charge in [0.05, 0.1) is 37.8 Å². The van der Waals surface area contributed by atoms with Gasteiger partial charge in [-0.2, -0.15) is 0 Å². The highest BCUT2D eigenvalue weighted by Gasteiger charge is 2.21. The van der Waals surface area contributed by atoms with Gasteiger partial charge in [-0.15, -0.1) is 11.3 Å². The number of hydrogen-bond acceptors (Lipinski definition) is 7. The molecule has 3 amide bonds. The molecule has 1 atom stereocenters. The highest BCUT2D eigenvalue weighted by Crippen LogP contribution is 2.24. The molecule has 36 heavy (non-hydrogen) atoms. The number of ether oxygens (including phenoxy) is 2. The lowest BCUT2D eigenvalue weighted by Crippen LogP contribution is -2.51. The number of nitrogens with one attached hydrogen (secondary N) is 3. The molecule has 0 saturated carbocycles. The molecule has 2 aromatic carbocycles. The SMILES string of the molecule is NCCOCCOCCNC(=O)[C@H](Cc1ccccc1)NC(=O)CNC(=O)c1cc2ccccc2s1. The second-order valence-corrected chi connectivity index (χ2v) is 9.03. The monoisotopic (exact) mass is 512 g/mol. The van der Waals surface area contributed by atoms with Gasteiger partial charge < -0.3 is 31.2 Å². The lowest BCUT2D eigenvalue weighted by Gasteiger charge is -2.19. The van der Waals surface area contributed by atoms with Crippen LogP contribution in [0.4, 0.5) is 0 Å². The number of benzene rings is 2. The van der Waals surface area contributed by atoms with E-state index in [1.807, 2.05) is 54.6 Å². The van der Waals surface area contributed by atoms with Crippen LogP contribution in [0.5, 0.6) is 0 Å². The number of hydrogen-bond donors (Lipinski definition) is 4. The molecule has 5 N–H and O–H groups in total. The van der Waals surface area contributed by atoms with Gasteiger partial charge >= 0.3 is 0 Å². The molecule has 3 rings (SSSR count). The number of amides is 3. The van der Waals surface area contributed by atoms with Crippen LogP contribution in [0.3, 0.4) is 0 Å². The van der Waals surface area contributed by atoms with Gasteiger partial charge in [0.25, 0.3) is 5.91 Å². The van der Waals surface area contributed by atoms with Crippen molar-refractivity contribution in [3.05, 3.63) is 71.1 Å². The molecule has 0 radical (unpaired) electrons. The van der Waals surface area contributed by atoms with Crippen molar-refractivity contribution in [3.8, 4) is 0 Å². The molecule has 9 nitrogen and oxygen atoms in total. The molecule has 3 aromatic rings. The zero-order valence-electron chi connectivity index (χ0n) is 20.0. The van der Waals surface area contributed by atoms with Gasteiger partial charge in [0.2, 0.25) is 11.8 Å². The smallest absolute Gasteiger partial charge is 0.261 e. The Balaban J connectivity index is 1.48. The van der Waals surface area contributed by atoms with Crippen LogP contribution in [-0.4, -0.2) is 69.8 Å². The normalized spacial score (nSPS) is 11.7. The maximum Gasteiger partial charge on any atom is 0.261 e. The predicted octanol–water partition coefficient (Wildman–Crippen LogP) is 1.47. The summed E-state index contributed by atoms with van der Waals surface area (Å²) in [5, 5.41) is 9.14. The quantitative estimate of drug-likeness (QED) is 0.228. The van der Waals surface area contributed by atoms with E-state index in [1.54, 1.807) is 6.07 Å². The second kappa shape index (κ2) is 14.9. The van der Waals surface area contributed by atoms with Crippen molar-refractivity contribution in [2.24, 2.45) is 5.73 Å². The standard InChI is InChI=1S/C26H32N4O5S/c27-10-12-34-14-15-35-13-11-28-25(32)21(16-19-6-2-1-3-7-19)30-24(31)18-29-26(33)23-17-20-8-4-5-9-22(20)36-23/h1-9,17,21H,10-16,18,27H2,(H,28,32)(H,29,33)(H,30,31)/t21-/m0/s1. The van der Waals surface area contributed by atoms with Crippen molar-refractivity contribution in [2.75, 3.05) is 46.1 Å². The topological polar surface area (TPSA) is 132 Å². The Hall–Kier alpha value is -3.31. The lowest BCUT2D eigenvalue weighted by molar-refractivity contribution is -0.128. The summed E-state index contributed by atoms with van der Waals surface area (Å²) in [5.41, 5.74) is 6.26. The Morgan fingerprint density at radius 1 is 0.889 bits per heavy atom. The summed E-state index contributed by atoms with van der Waals surface area (Å²) in [6.07, 6.45) is 0.316. The van der Waals surface area contributed by atoms with Crippen LogP contribution in [0, 0.1) is 0 Å². The first-order valence-corrected chi connectivity index (χ1v) is 12.6. The average Bonchev–Trinajstić information content (AvgIpc) is 3.33. The van der Waals surface area contributed by atoms with Crippen LogP contribution >= 0.6 is 11.3 Å². The Kier molecular flexibility index (Phi) is 11.3. The molecule has 1 aromatic heterocycles. The zero-order valence-corrected chi connectivity index (χ0v) is 20.9. The first kappa shape index (κ1) is 27.3. The summed E-state index contributed by atoms with van der Waals surface area (Å²) >= 11 is 1.36. The van der Waals surface area contributed by atoms with Gasteiger partial charge in [0.15, 0.2) is 0 Å². The molecular formula is C26H32N4O5S. The molecule has 0 unspecified atom stereocenters. The van der Waals surface area contributed by atoms with Crippen molar-refractivity contribution in [3.63, 3.8) is 0 Å². The van der Waals surface area contributed by atoms with E-state index in [9.17, 15) is 14.4 Å². The van der Waals surface area contributed by atoms with E-state index < -0.39 is 11.9 Å². The summed E-state index contributed by atoms with van der Waals surface area (Å²) in [6, 6.07) is 18.1. The van der Waals surface area contributed by atoms with Crippen molar-refractivity contribution in [1.29, 1.82) is 0 Å². The van der Waals surface area contributed by atoms with Crippen LogP contribution in [0.25, 0.3) is 10.1 Å². The summed E-state index contributed by atoms with van der Waals surface area (Å²) in [5.74, 6) is -1.11.